The van der Waals surface area contributed by atoms with Crippen molar-refractivity contribution in [2.75, 3.05) is 11.1 Å². The predicted octanol–water partition coefficient (Wildman–Crippen LogP) is 4.46. The Kier molecular flexibility index (Phi) is 6.18. The minimum Gasteiger partial charge on any atom is -0.338 e. The maximum Gasteiger partial charge on any atom is 0.237 e. The van der Waals surface area contributed by atoms with E-state index in [1.165, 1.54) is 11.8 Å². The van der Waals surface area contributed by atoms with Gasteiger partial charge in [0.25, 0.3) is 0 Å². The molecule has 0 radical (unpaired) electrons. The zero-order chi connectivity index (χ0) is 19.4. The van der Waals surface area contributed by atoms with E-state index in [1.54, 1.807) is 6.07 Å². The second-order valence-corrected chi connectivity index (χ2v) is 7.54. The van der Waals surface area contributed by atoms with Gasteiger partial charge in [-0.2, -0.15) is 0 Å². The standard InChI is InChI=1S/C18H20ClN5O2S/c1-4-24-17(12-5-7-13(19)8-6-12)21-22-18(24)27-10-15(25)20-16-9-14(11(2)3)23-26-16/h5-9,11H,4,10H2,1-3H3,(H,20,25). The zero-order valence-corrected chi connectivity index (χ0v) is 16.8. The number of benzene rings is 1. The van der Waals surface area contributed by atoms with Crippen LogP contribution in [0, 0.1) is 0 Å². The molecule has 0 aliphatic carbocycles. The van der Waals surface area contributed by atoms with Crippen molar-refractivity contribution in [2.24, 2.45) is 0 Å². The van der Waals surface area contributed by atoms with E-state index in [0.717, 1.165) is 17.1 Å². The lowest BCUT2D eigenvalue weighted by Crippen LogP contribution is -2.14. The average Bonchev–Trinajstić information content (AvgIpc) is 3.27. The van der Waals surface area contributed by atoms with Crippen LogP contribution in [0.25, 0.3) is 11.4 Å². The maximum absolute atomic E-state index is 12.2. The van der Waals surface area contributed by atoms with E-state index in [4.69, 9.17) is 16.1 Å². The van der Waals surface area contributed by atoms with Crippen molar-refractivity contribution in [3.8, 4) is 11.4 Å². The van der Waals surface area contributed by atoms with E-state index in [1.807, 2.05) is 49.6 Å². The number of anilines is 1. The van der Waals surface area contributed by atoms with E-state index in [-0.39, 0.29) is 17.6 Å². The monoisotopic (exact) mass is 405 g/mol. The molecule has 2 heterocycles. The van der Waals surface area contributed by atoms with Crippen LogP contribution in [-0.4, -0.2) is 31.6 Å². The largest absolute Gasteiger partial charge is 0.338 e. The molecular weight excluding hydrogens is 386 g/mol. The predicted molar refractivity (Wildman–Crippen MR) is 106 cm³/mol. The number of hydrogen-bond acceptors (Lipinski definition) is 6. The molecule has 9 heteroatoms. The van der Waals surface area contributed by atoms with E-state index in [2.05, 4.69) is 20.7 Å². The van der Waals surface area contributed by atoms with Crippen LogP contribution in [0.15, 0.2) is 40.0 Å². The molecule has 0 saturated carbocycles. The fraction of sp³-hybridized carbons (Fsp3) is 0.333. The van der Waals surface area contributed by atoms with Crippen LogP contribution in [0.3, 0.4) is 0 Å². The highest BCUT2D eigenvalue weighted by atomic mass is 35.5. The van der Waals surface area contributed by atoms with Crippen LogP contribution in [0.2, 0.25) is 5.02 Å². The molecule has 1 N–H and O–H groups in total. The van der Waals surface area contributed by atoms with Crippen molar-refractivity contribution in [2.45, 2.75) is 38.4 Å². The molecule has 0 atom stereocenters. The first kappa shape index (κ1) is 19.4. The summed E-state index contributed by atoms with van der Waals surface area (Å²) in [5.74, 6) is 1.33. The first-order valence-electron chi connectivity index (χ1n) is 8.56. The highest BCUT2D eigenvalue weighted by Gasteiger charge is 2.16. The average molecular weight is 406 g/mol. The number of aromatic nitrogens is 4. The molecule has 0 fully saturated rings. The fourth-order valence-corrected chi connectivity index (χ4v) is 3.34. The minimum atomic E-state index is -0.190. The van der Waals surface area contributed by atoms with Crippen molar-refractivity contribution in [3.63, 3.8) is 0 Å². The summed E-state index contributed by atoms with van der Waals surface area (Å²) in [6, 6.07) is 9.16. The Morgan fingerprint density at radius 2 is 2.04 bits per heavy atom. The topological polar surface area (TPSA) is 85.8 Å². The van der Waals surface area contributed by atoms with Crippen molar-refractivity contribution >= 4 is 35.2 Å². The van der Waals surface area contributed by atoms with Gasteiger partial charge < -0.3 is 9.09 Å². The summed E-state index contributed by atoms with van der Waals surface area (Å²) in [6.07, 6.45) is 0. The van der Waals surface area contributed by atoms with Gasteiger partial charge in [0.2, 0.25) is 11.8 Å². The third-order valence-electron chi connectivity index (χ3n) is 3.85. The number of nitrogens with zero attached hydrogens (tertiary/aromatic N) is 4. The third kappa shape index (κ3) is 4.70. The van der Waals surface area contributed by atoms with Crippen LogP contribution in [0.1, 0.15) is 32.4 Å². The molecule has 0 bridgehead atoms. The highest BCUT2D eigenvalue weighted by molar-refractivity contribution is 7.99. The van der Waals surface area contributed by atoms with Gasteiger partial charge in [0.1, 0.15) is 0 Å². The van der Waals surface area contributed by atoms with Gasteiger partial charge in [0.05, 0.1) is 11.4 Å². The SMILES string of the molecule is CCn1c(SCC(=O)Nc2cc(C(C)C)no2)nnc1-c1ccc(Cl)cc1. The van der Waals surface area contributed by atoms with E-state index in [0.29, 0.717) is 22.6 Å². The molecule has 0 aliphatic rings. The van der Waals surface area contributed by atoms with Gasteiger partial charge in [-0.15, -0.1) is 10.2 Å². The third-order valence-corrected chi connectivity index (χ3v) is 5.07. The van der Waals surface area contributed by atoms with Crippen LogP contribution >= 0.6 is 23.4 Å². The second kappa shape index (κ2) is 8.58. The molecule has 27 heavy (non-hydrogen) atoms. The van der Waals surface area contributed by atoms with Crippen LogP contribution in [0.5, 0.6) is 0 Å². The summed E-state index contributed by atoms with van der Waals surface area (Å²) >= 11 is 7.26. The number of rotatable bonds is 7. The number of carbonyl (C=O) groups is 1. The molecule has 142 valence electrons. The number of carbonyl (C=O) groups excluding carboxylic acids is 1. The molecule has 1 aromatic carbocycles. The normalized spacial score (nSPS) is 11.1. The van der Waals surface area contributed by atoms with Gasteiger partial charge in [-0.3, -0.25) is 10.1 Å². The molecular formula is C18H20ClN5O2S. The zero-order valence-electron chi connectivity index (χ0n) is 15.3. The number of hydrogen-bond donors (Lipinski definition) is 1. The molecule has 7 nitrogen and oxygen atoms in total. The van der Waals surface area contributed by atoms with Crippen molar-refractivity contribution in [3.05, 3.63) is 41.0 Å². The Morgan fingerprint density at radius 1 is 1.30 bits per heavy atom. The van der Waals surface area contributed by atoms with Gasteiger partial charge in [-0.1, -0.05) is 42.4 Å². The highest BCUT2D eigenvalue weighted by Crippen LogP contribution is 2.25. The number of thioether (sulfide) groups is 1. The van der Waals surface area contributed by atoms with Crippen LogP contribution < -0.4 is 5.32 Å². The molecule has 0 unspecified atom stereocenters. The van der Waals surface area contributed by atoms with Crippen LogP contribution in [-0.2, 0) is 11.3 Å². The smallest absolute Gasteiger partial charge is 0.237 e. The first-order chi connectivity index (χ1) is 13.0. The fourth-order valence-electron chi connectivity index (χ4n) is 2.42. The van der Waals surface area contributed by atoms with Gasteiger partial charge in [-0.05, 0) is 37.1 Å². The molecule has 3 rings (SSSR count). The molecule has 3 aromatic rings. The van der Waals surface area contributed by atoms with Crippen LogP contribution in [0.4, 0.5) is 5.88 Å². The lowest BCUT2D eigenvalue weighted by molar-refractivity contribution is -0.113. The quantitative estimate of drug-likeness (QED) is 0.584. The van der Waals surface area contributed by atoms with Gasteiger partial charge >= 0.3 is 0 Å². The van der Waals surface area contributed by atoms with Gasteiger partial charge in [0.15, 0.2) is 11.0 Å². The molecule has 0 spiro atoms. The summed E-state index contributed by atoms with van der Waals surface area (Å²) < 4.78 is 7.09. The first-order valence-corrected chi connectivity index (χ1v) is 9.92. The van der Waals surface area contributed by atoms with Gasteiger partial charge in [0, 0.05) is 23.2 Å². The van der Waals surface area contributed by atoms with Crippen molar-refractivity contribution in [1.82, 2.24) is 19.9 Å². The summed E-state index contributed by atoms with van der Waals surface area (Å²) in [5, 5.41) is 16.5. The van der Waals surface area contributed by atoms with E-state index >= 15 is 0 Å². The minimum absolute atomic E-state index is 0.190. The lowest BCUT2D eigenvalue weighted by atomic mass is 10.1. The summed E-state index contributed by atoms with van der Waals surface area (Å²) in [5.41, 5.74) is 1.73. The van der Waals surface area contributed by atoms with Gasteiger partial charge in [-0.25, -0.2) is 0 Å². The Balaban J connectivity index is 1.65. The summed E-state index contributed by atoms with van der Waals surface area (Å²) in [7, 11) is 0. The van der Waals surface area contributed by atoms with Crippen molar-refractivity contribution < 1.29 is 9.32 Å². The summed E-state index contributed by atoms with van der Waals surface area (Å²) in [6.45, 7) is 6.72. The molecule has 0 saturated heterocycles. The molecule has 1 amide bonds. The lowest BCUT2D eigenvalue weighted by Gasteiger charge is -2.07. The number of halogens is 1. The van der Waals surface area contributed by atoms with E-state index in [9.17, 15) is 4.79 Å². The second-order valence-electron chi connectivity index (χ2n) is 6.16. The molecule has 2 aromatic heterocycles. The number of nitrogens with one attached hydrogen (secondary N) is 1. The van der Waals surface area contributed by atoms with E-state index < -0.39 is 0 Å². The van der Waals surface area contributed by atoms with Crippen molar-refractivity contribution in [1.29, 1.82) is 0 Å². The Bertz CT molecular complexity index is 920. The Hall–Kier alpha value is -2.32. The molecule has 0 aliphatic heterocycles. The Labute approximate surface area is 166 Å². The number of amides is 1. The summed E-state index contributed by atoms with van der Waals surface area (Å²) in [4.78, 5) is 12.2. The Morgan fingerprint density at radius 3 is 2.67 bits per heavy atom. The maximum atomic E-state index is 12.2.